The average molecular weight is 428 g/mol. The minimum absolute atomic E-state index is 0.0945. The molecular formula is C24H24N6O2. The number of likely N-dealkylation sites (tertiary alicyclic amines) is 1. The minimum atomic E-state index is -0.184. The van der Waals surface area contributed by atoms with Gasteiger partial charge in [0.05, 0.1) is 28.7 Å². The van der Waals surface area contributed by atoms with Crippen LogP contribution < -0.4 is 5.32 Å². The lowest BCUT2D eigenvalue weighted by Crippen LogP contribution is -2.51. The smallest absolute Gasteiger partial charge is 0.276 e. The van der Waals surface area contributed by atoms with Crippen LogP contribution in [0, 0.1) is 6.92 Å². The van der Waals surface area contributed by atoms with Gasteiger partial charge in [-0.1, -0.05) is 17.3 Å². The largest absolute Gasteiger partial charge is 0.372 e. The molecule has 2 aliphatic heterocycles. The van der Waals surface area contributed by atoms with Crippen molar-refractivity contribution in [3.05, 3.63) is 71.9 Å². The van der Waals surface area contributed by atoms with Gasteiger partial charge in [-0.25, -0.2) is 0 Å². The Labute approximate surface area is 185 Å². The van der Waals surface area contributed by atoms with Crippen molar-refractivity contribution in [3.63, 3.8) is 0 Å². The second-order valence-corrected chi connectivity index (χ2v) is 8.62. The number of nitrogens with one attached hydrogen (secondary N) is 1. The van der Waals surface area contributed by atoms with Gasteiger partial charge in [0.25, 0.3) is 5.91 Å². The lowest BCUT2D eigenvalue weighted by molar-refractivity contribution is 0.0666. The molecule has 3 aromatic heterocycles. The van der Waals surface area contributed by atoms with E-state index in [1.54, 1.807) is 16.9 Å². The Morgan fingerprint density at radius 3 is 2.75 bits per heavy atom. The highest BCUT2D eigenvalue weighted by atomic mass is 16.5. The van der Waals surface area contributed by atoms with Crippen LogP contribution in [0.3, 0.4) is 0 Å². The Morgan fingerprint density at radius 2 is 1.97 bits per heavy atom. The lowest BCUT2D eigenvalue weighted by atomic mass is 9.82. The first kappa shape index (κ1) is 18.9. The second kappa shape index (κ2) is 6.85. The first-order valence-electron chi connectivity index (χ1n) is 10.9. The molecule has 0 atom stereocenters. The van der Waals surface area contributed by atoms with Gasteiger partial charge in [0.15, 0.2) is 11.5 Å². The maximum absolute atomic E-state index is 13.2. The van der Waals surface area contributed by atoms with Crippen molar-refractivity contribution in [2.24, 2.45) is 7.05 Å². The molecule has 0 unspecified atom stereocenters. The SMILES string of the molecule is Cc1c(-c2cc(C(=O)N3CCC4(CC3)Nc3ccccc3-n3cccc34)no2)cnn1C. The van der Waals surface area contributed by atoms with Gasteiger partial charge < -0.3 is 19.3 Å². The number of aromatic nitrogens is 4. The average Bonchev–Trinajstić information content (AvgIpc) is 3.56. The Bertz CT molecular complexity index is 1320. The summed E-state index contributed by atoms with van der Waals surface area (Å²) in [5.74, 6) is 0.471. The van der Waals surface area contributed by atoms with Crippen molar-refractivity contribution < 1.29 is 9.32 Å². The Morgan fingerprint density at radius 1 is 1.16 bits per heavy atom. The molecule has 32 heavy (non-hydrogen) atoms. The summed E-state index contributed by atoms with van der Waals surface area (Å²) in [6.07, 6.45) is 5.50. The third-order valence-electron chi connectivity index (χ3n) is 6.91. The molecule has 0 radical (unpaired) electrons. The number of aryl methyl sites for hydroxylation is 1. The van der Waals surface area contributed by atoms with E-state index in [2.05, 4.69) is 62.7 Å². The third-order valence-corrected chi connectivity index (χ3v) is 6.91. The van der Waals surface area contributed by atoms with Crippen LogP contribution in [0.1, 0.15) is 34.7 Å². The normalized spacial score (nSPS) is 16.5. The number of piperidine rings is 1. The summed E-state index contributed by atoms with van der Waals surface area (Å²) in [7, 11) is 1.87. The fourth-order valence-electron chi connectivity index (χ4n) is 4.97. The van der Waals surface area contributed by atoms with E-state index in [1.165, 1.54) is 5.69 Å². The monoisotopic (exact) mass is 428 g/mol. The van der Waals surface area contributed by atoms with Gasteiger partial charge >= 0.3 is 0 Å². The Hall–Kier alpha value is -3.81. The van der Waals surface area contributed by atoms with Gasteiger partial charge in [0.1, 0.15) is 0 Å². The van der Waals surface area contributed by atoms with Crippen molar-refractivity contribution in [1.29, 1.82) is 0 Å². The quantitative estimate of drug-likeness (QED) is 0.526. The van der Waals surface area contributed by atoms with Crippen molar-refractivity contribution in [1.82, 2.24) is 24.4 Å². The molecule has 8 nitrogen and oxygen atoms in total. The second-order valence-electron chi connectivity index (χ2n) is 8.62. The van der Waals surface area contributed by atoms with Gasteiger partial charge in [0.2, 0.25) is 0 Å². The number of amides is 1. The van der Waals surface area contributed by atoms with Crippen LogP contribution in [0.25, 0.3) is 17.0 Å². The van der Waals surface area contributed by atoms with Crippen LogP contribution in [0.2, 0.25) is 0 Å². The summed E-state index contributed by atoms with van der Waals surface area (Å²) in [6, 6.07) is 14.4. The van der Waals surface area contributed by atoms with E-state index in [0.29, 0.717) is 24.5 Å². The predicted octanol–water partition coefficient (Wildman–Crippen LogP) is 3.73. The molecule has 1 N–H and O–H groups in total. The molecular weight excluding hydrogens is 404 g/mol. The maximum atomic E-state index is 13.2. The van der Waals surface area contributed by atoms with E-state index >= 15 is 0 Å². The molecule has 0 saturated carbocycles. The summed E-state index contributed by atoms with van der Waals surface area (Å²) in [4.78, 5) is 15.0. The fourth-order valence-corrected chi connectivity index (χ4v) is 4.97. The summed E-state index contributed by atoms with van der Waals surface area (Å²) in [6.45, 7) is 3.25. The number of anilines is 1. The highest BCUT2D eigenvalue weighted by Crippen LogP contribution is 2.43. The number of carbonyl (C=O) groups is 1. The van der Waals surface area contributed by atoms with Gasteiger partial charge in [-0.2, -0.15) is 5.10 Å². The predicted molar refractivity (Wildman–Crippen MR) is 120 cm³/mol. The fraction of sp³-hybridized carbons (Fsp3) is 0.292. The lowest BCUT2D eigenvalue weighted by Gasteiger charge is -2.46. The number of hydrogen-bond acceptors (Lipinski definition) is 5. The zero-order valence-electron chi connectivity index (χ0n) is 18.1. The molecule has 1 amide bonds. The van der Waals surface area contributed by atoms with E-state index < -0.39 is 0 Å². The number of rotatable bonds is 2. The van der Waals surface area contributed by atoms with Crippen molar-refractivity contribution in [2.45, 2.75) is 25.3 Å². The summed E-state index contributed by atoms with van der Waals surface area (Å²) < 4.78 is 9.51. The van der Waals surface area contributed by atoms with E-state index in [9.17, 15) is 4.79 Å². The van der Waals surface area contributed by atoms with Gasteiger partial charge in [0, 0.05) is 43.8 Å². The number of benzene rings is 1. The highest BCUT2D eigenvalue weighted by molar-refractivity contribution is 5.93. The van der Waals surface area contributed by atoms with Crippen molar-refractivity contribution in [2.75, 3.05) is 18.4 Å². The van der Waals surface area contributed by atoms with Crippen LogP contribution in [-0.4, -0.2) is 43.4 Å². The first-order valence-corrected chi connectivity index (χ1v) is 10.9. The standard InChI is InChI=1S/C24H24N6O2/c1-16-17(15-25-28(16)2)21-14-19(27-32-21)23(31)29-12-9-24(10-13-29)22-8-5-11-30(22)20-7-4-3-6-18(20)26-24/h3-8,11,14-15,26H,9-10,12-13H2,1-2H3. The summed E-state index contributed by atoms with van der Waals surface area (Å²) in [5.41, 5.74) is 5.51. The molecule has 8 heteroatoms. The van der Waals surface area contributed by atoms with E-state index in [1.807, 2.05) is 18.9 Å². The van der Waals surface area contributed by atoms with Crippen molar-refractivity contribution in [3.8, 4) is 17.0 Å². The zero-order valence-corrected chi connectivity index (χ0v) is 18.1. The van der Waals surface area contributed by atoms with Gasteiger partial charge in [-0.15, -0.1) is 0 Å². The molecule has 0 bridgehead atoms. The molecule has 5 heterocycles. The summed E-state index contributed by atoms with van der Waals surface area (Å²) in [5, 5.41) is 12.1. The summed E-state index contributed by atoms with van der Waals surface area (Å²) >= 11 is 0. The molecule has 4 aromatic rings. The Kier molecular flexibility index (Phi) is 4.05. The third kappa shape index (κ3) is 2.72. The molecule has 1 fully saturated rings. The molecule has 1 saturated heterocycles. The minimum Gasteiger partial charge on any atom is -0.372 e. The molecule has 1 aromatic carbocycles. The first-order chi connectivity index (χ1) is 15.6. The van der Waals surface area contributed by atoms with Crippen LogP contribution in [0.5, 0.6) is 0 Å². The number of carbonyl (C=O) groups excluding carboxylic acids is 1. The number of hydrogen-bond donors (Lipinski definition) is 1. The van der Waals surface area contributed by atoms with Crippen LogP contribution in [0.4, 0.5) is 5.69 Å². The van der Waals surface area contributed by atoms with E-state index in [0.717, 1.165) is 35.5 Å². The van der Waals surface area contributed by atoms with Crippen molar-refractivity contribution >= 4 is 11.6 Å². The molecule has 0 aliphatic carbocycles. The van der Waals surface area contributed by atoms with Crippen LogP contribution >= 0.6 is 0 Å². The van der Waals surface area contributed by atoms with Gasteiger partial charge in [-0.3, -0.25) is 9.48 Å². The van der Waals surface area contributed by atoms with Crippen LogP contribution in [-0.2, 0) is 12.6 Å². The number of fused-ring (bicyclic) bond motifs is 4. The van der Waals surface area contributed by atoms with E-state index in [-0.39, 0.29) is 11.4 Å². The topological polar surface area (TPSA) is 81.1 Å². The maximum Gasteiger partial charge on any atom is 0.276 e. The zero-order chi connectivity index (χ0) is 21.9. The number of para-hydroxylation sites is 2. The molecule has 6 rings (SSSR count). The van der Waals surface area contributed by atoms with Gasteiger partial charge in [-0.05, 0) is 44.0 Å². The molecule has 2 aliphatic rings. The Balaban J connectivity index is 1.22. The highest BCUT2D eigenvalue weighted by Gasteiger charge is 2.42. The van der Waals surface area contributed by atoms with E-state index in [4.69, 9.17) is 4.52 Å². The van der Waals surface area contributed by atoms with Crippen LogP contribution in [0.15, 0.2) is 59.4 Å². The molecule has 1 spiro atoms. The number of nitrogens with zero attached hydrogens (tertiary/aromatic N) is 5. The molecule has 162 valence electrons.